The molecule has 0 spiro atoms. The SMILES string of the molecule is Cc1c(Cl)ccc2c(C(=O)N3CCOCC3)cc(-c3ccccc3)nc12. The van der Waals surface area contributed by atoms with Gasteiger partial charge in [0, 0.05) is 29.1 Å². The van der Waals surface area contributed by atoms with Gasteiger partial charge >= 0.3 is 0 Å². The predicted molar refractivity (Wildman–Crippen MR) is 104 cm³/mol. The molecule has 26 heavy (non-hydrogen) atoms. The Morgan fingerprint density at radius 3 is 2.58 bits per heavy atom. The van der Waals surface area contributed by atoms with Crippen LogP contribution < -0.4 is 0 Å². The standard InChI is InChI=1S/C21H19ClN2O2/c1-14-18(22)8-7-16-17(21(25)24-9-11-26-12-10-24)13-19(23-20(14)16)15-5-3-2-4-6-15/h2-8,13H,9-12H2,1H3. The summed E-state index contributed by atoms with van der Waals surface area (Å²) in [4.78, 5) is 19.9. The van der Waals surface area contributed by atoms with Crippen LogP contribution in [0.4, 0.5) is 0 Å². The number of carbonyl (C=O) groups is 1. The fourth-order valence-corrected chi connectivity index (χ4v) is 3.43. The van der Waals surface area contributed by atoms with Gasteiger partial charge in [-0.2, -0.15) is 0 Å². The zero-order chi connectivity index (χ0) is 18.1. The number of halogens is 1. The van der Waals surface area contributed by atoms with Crippen molar-refractivity contribution in [1.29, 1.82) is 0 Å². The second-order valence-electron chi connectivity index (χ2n) is 6.39. The first-order valence-electron chi connectivity index (χ1n) is 8.67. The summed E-state index contributed by atoms with van der Waals surface area (Å²) < 4.78 is 5.38. The quantitative estimate of drug-likeness (QED) is 0.677. The van der Waals surface area contributed by atoms with Crippen molar-refractivity contribution < 1.29 is 9.53 Å². The molecule has 2 aromatic carbocycles. The van der Waals surface area contributed by atoms with E-state index in [2.05, 4.69) is 0 Å². The van der Waals surface area contributed by atoms with E-state index in [-0.39, 0.29) is 5.91 Å². The maximum atomic E-state index is 13.2. The van der Waals surface area contributed by atoms with Crippen molar-refractivity contribution in [3.63, 3.8) is 0 Å². The van der Waals surface area contributed by atoms with E-state index in [9.17, 15) is 4.79 Å². The maximum Gasteiger partial charge on any atom is 0.254 e. The molecule has 4 rings (SSSR count). The van der Waals surface area contributed by atoms with Crippen LogP contribution >= 0.6 is 11.6 Å². The van der Waals surface area contributed by atoms with Crippen molar-refractivity contribution >= 4 is 28.4 Å². The van der Waals surface area contributed by atoms with Gasteiger partial charge < -0.3 is 9.64 Å². The molecule has 2 heterocycles. The molecule has 5 heteroatoms. The van der Waals surface area contributed by atoms with Crippen LogP contribution in [0.2, 0.25) is 5.02 Å². The summed E-state index contributed by atoms with van der Waals surface area (Å²) in [7, 11) is 0. The fraction of sp³-hybridized carbons (Fsp3) is 0.238. The summed E-state index contributed by atoms with van der Waals surface area (Å²) in [6, 6.07) is 15.5. The minimum Gasteiger partial charge on any atom is -0.378 e. The second-order valence-corrected chi connectivity index (χ2v) is 6.80. The molecule has 1 amide bonds. The molecular weight excluding hydrogens is 348 g/mol. The van der Waals surface area contributed by atoms with E-state index in [0.29, 0.717) is 36.9 Å². The number of hydrogen-bond acceptors (Lipinski definition) is 3. The third-order valence-electron chi connectivity index (χ3n) is 4.77. The smallest absolute Gasteiger partial charge is 0.254 e. The third kappa shape index (κ3) is 3.06. The van der Waals surface area contributed by atoms with E-state index >= 15 is 0 Å². The van der Waals surface area contributed by atoms with Crippen LogP contribution in [0.5, 0.6) is 0 Å². The highest BCUT2D eigenvalue weighted by Gasteiger charge is 2.22. The minimum atomic E-state index is 0.0135. The number of rotatable bonds is 2. The average molecular weight is 367 g/mol. The molecular formula is C21H19ClN2O2. The van der Waals surface area contributed by atoms with E-state index in [1.54, 1.807) is 0 Å². The van der Waals surface area contributed by atoms with Gasteiger partial charge in [0.05, 0.1) is 30.0 Å². The molecule has 3 aromatic rings. The van der Waals surface area contributed by atoms with Crippen molar-refractivity contribution in [3.8, 4) is 11.3 Å². The zero-order valence-corrected chi connectivity index (χ0v) is 15.3. The molecule has 1 aliphatic rings. The number of fused-ring (bicyclic) bond motifs is 1. The van der Waals surface area contributed by atoms with Crippen molar-refractivity contribution in [2.45, 2.75) is 6.92 Å². The minimum absolute atomic E-state index is 0.0135. The first kappa shape index (κ1) is 17.0. The Labute approximate surface area is 157 Å². The lowest BCUT2D eigenvalue weighted by molar-refractivity contribution is 0.0304. The largest absolute Gasteiger partial charge is 0.378 e. The van der Waals surface area contributed by atoms with Crippen LogP contribution in [0.25, 0.3) is 22.2 Å². The lowest BCUT2D eigenvalue weighted by atomic mass is 10.0. The van der Waals surface area contributed by atoms with Crippen LogP contribution in [-0.4, -0.2) is 42.1 Å². The zero-order valence-electron chi connectivity index (χ0n) is 14.5. The second kappa shape index (κ2) is 7.06. The van der Waals surface area contributed by atoms with Crippen LogP contribution in [0.1, 0.15) is 15.9 Å². The number of amides is 1. The van der Waals surface area contributed by atoms with E-state index in [0.717, 1.165) is 27.7 Å². The molecule has 4 nitrogen and oxygen atoms in total. The fourth-order valence-electron chi connectivity index (χ4n) is 3.27. The molecule has 0 aliphatic carbocycles. The molecule has 0 unspecified atom stereocenters. The topological polar surface area (TPSA) is 42.4 Å². The van der Waals surface area contributed by atoms with E-state index < -0.39 is 0 Å². The molecule has 1 aliphatic heterocycles. The predicted octanol–water partition coefficient (Wildman–Crippen LogP) is 4.34. The summed E-state index contributed by atoms with van der Waals surface area (Å²) in [5, 5.41) is 1.49. The number of morpholine rings is 1. The Bertz CT molecular complexity index is 967. The van der Waals surface area contributed by atoms with Gasteiger partial charge in [0.15, 0.2) is 0 Å². The molecule has 0 N–H and O–H groups in total. The first-order chi connectivity index (χ1) is 12.6. The number of hydrogen-bond donors (Lipinski definition) is 0. The van der Waals surface area contributed by atoms with Crippen LogP contribution in [0, 0.1) is 6.92 Å². The molecule has 0 bridgehead atoms. The summed E-state index contributed by atoms with van der Waals surface area (Å²) in [6.45, 7) is 4.30. The van der Waals surface area contributed by atoms with E-state index in [1.165, 1.54) is 0 Å². The molecule has 1 saturated heterocycles. The Kier molecular flexibility index (Phi) is 4.62. The third-order valence-corrected chi connectivity index (χ3v) is 5.18. The maximum absolute atomic E-state index is 13.2. The number of ether oxygens (including phenoxy) is 1. The summed E-state index contributed by atoms with van der Waals surface area (Å²) >= 11 is 6.31. The Morgan fingerprint density at radius 1 is 1.12 bits per heavy atom. The number of nitrogens with zero attached hydrogens (tertiary/aromatic N) is 2. The summed E-state index contributed by atoms with van der Waals surface area (Å²) in [5.41, 5.74) is 4.08. The highest BCUT2D eigenvalue weighted by molar-refractivity contribution is 6.32. The van der Waals surface area contributed by atoms with Gasteiger partial charge in [-0.1, -0.05) is 48.0 Å². The Morgan fingerprint density at radius 2 is 1.85 bits per heavy atom. The normalized spacial score (nSPS) is 14.6. The van der Waals surface area contributed by atoms with Crippen LogP contribution in [-0.2, 0) is 4.74 Å². The highest BCUT2D eigenvalue weighted by Crippen LogP contribution is 2.30. The molecule has 0 radical (unpaired) electrons. The van der Waals surface area contributed by atoms with Gasteiger partial charge in [-0.3, -0.25) is 4.79 Å². The monoisotopic (exact) mass is 366 g/mol. The van der Waals surface area contributed by atoms with Gasteiger partial charge in [0.25, 0.3) is 5.91 Å². The Hall–Kier alpha value is -2.43. The van der Waals surface area contributed by atoms with Crippen LogP contribution in [0.15, 0.2) is 48.5 Å². The number of benzene rings is 2. The number of aromatic nitrogens is 1. The summed E-state index contributed by atoms with van der Waals surface area (Å²) in [5.74, 6) is 0.0135. The average Bonchev–Trinajstić information content (AvgIpc) is 2.71. The van der Waals surface area contributed by atoms with E-state index in [4.69, 9.17) is 21.3 Å². The van der Waals surface area contributed by atoms with Gasteiger partial charge in [0.2, 0.25) is 0 Å². The van der Waals surface area contributed by atoms with Crippen molar-refractivity contribution in [1.82, 2.24) is 9.88 Å². The molecule has 1 aromatic heterocycles. The molecule has 132 valence electrons. The number of carbonyl (C=O) groups excluding carboxylic acids is 1. The number of aryl methyl sites for hydroxylation is 1. The number of pyridine rings is 1. The lowest BCUT2D eigenvalue weighted by Gasteiger charge is -2.27. The van der Waals surface area contributed by atoms with Gasteiger partial charge in [-0.05, 0) is 24.6 Å². The van der Waals surface area contributed by atoms with Gasteiger partial charge in [0.1, 0.15) is 0 Å². The van der Waals surface area contributed by atoms with Crippen molar-refractivity contribution in [3.05, 3.63) is 64.7 Å². The van der Waals surface area contributed by atoms with Crippen LogP contribution in [0.3, 0.4) is 0 Å². The summed E-state index contributed by atoms with van der Waals surface area (Å²) in [6.07, 6.45) is 0. The van der Waals surface area contributed by atoms with Gasteiger partial charge in [-0.25, -0.2) is 4.98 Å². The van der Waals surface area contributed by atoms with Crippen molar-refractivity contribution in [2.24, 2.45) is 0 Å². The van der Waals surface area contributed by atoms with E-state index in [1.807, 2.05) is 60.4 Å². The first-order valence-corrected chi connectivity index (χ1v) is 9.05. The molecule has 0 saturated carbocycles. The molecule has 1 fully saturated rings. The van der Waals surface area contributed by atoms with Crippen molar-refractivity contribution in [2.75, 3.05) is 26.3 Å². The Balaban J connectivity index is 1.92. The van der Waals surface area contributed by atoms with Gasteiger partial charge in [-0.15, -0.1) is 0 Å². The lowest BCUT2D eigenvalue weighted by Crippen LogP contribution is -2.40. The highest BCUT2D eigenvalue weighted by atomic mass is 35.5. The molecule has 0 atom stereocenters.